The summed E-state index contributed by atoms with van der Waals surface area (Å²) in [5, 5.41) is 4.57. The molecule has 1 aliphatic heterocycles. The summed E-state index contributed by atoms with van der Waals surface area (Å²) in [7, 11) is 4.60. The van der Waals surface area contributed by atoms with Crippen molar-refractivity contribution in [2.75, 3.05) is 32.8 Å². The molecule has 0 N–H and O–H groups in total. The average molecular weight is 430 g/mol. The fourth-order valence-electron chi connectivity index (χ4n) is 3.50. The van der Waals surface area contributed by atoms with E-state index in [1.165, 1.54) is 21.3 Å². The molecule has 0 radical (unpaired) electrons. The number of carbonyl (C=O) groups is 1. The first-order valence-electron chi connectivity index (χ1n) is 9.24. The van der Waals surface area contributed by atoms with E-state index in [1.54, 1.807) is 23.1 Å². The van der Waals surface area contributed by atoms with Crippen molar-refractivity contribution in [3.8, 4) is 28.6 Å². The van der Waals surface area contributed by atoms with Crippen molar-refractivity contribution in [3.05, 3.63) is 47.3 Å². The second-order valence-electron chi connectivity index (χ2n) is 6.72. The molecule has 9 heteroatoms. The number of hydrogen-bond acceptors (Lipinski definition) is 7. The summed E-state index contributed by atoms with van der Waals surface area (Å²) in [6, 6.07) is 10.7. The van der Waals surface area contributed by atoms with Crippen molar-refractivity contribution in [1.29, 1.82) is 0 Å². The van der Waals surface area contributed by atoms with E-state index >= 15 is 0 Å². The Labute approximate surface area is 178 Å². The van der Waals surface area contributed by atoms with Gasteiger partial charge in [-0.1, -0.05) is 28.9 Å². The Hall–Kier alpha value is -3.26. The summed E-state index contributed by atoms with van der Waals surface area (Å²) in [5.41, 5.74) is 1.32. The Morgan fingerprint density at radius 1 is 1.10 bits per heavy atom. The number of hydrogen-bond donors (Lipinski definition) is 0. The molecule has 4 rings (SSSR count). The van der Waals surface area contributed by atoms with Crippen LogP contribution in [-0.4, -0.2) is 43.9 Å². The van der Waals surface area contributed by atoms with Crippen LogP contribution < -0.4 is 19.1 Å². The van der Waals surface area contributed by atoms with Gasteiger partial charge in [0, 0.05) is 30.7 Å². The average Bonchev–Trinajstić information content (AvgIpc) is 3.40. The van der Waals surface area contributed by atoms with Crippen molar-refractivity contribution in [1.82, 2.24) is 10.1 Å². The SMILES string of the molecule is COc1cc(N2CC(c3nc(-c4ccccc4Cl)no3)CC2=O)cc(OC)c1OC. The smallest absolute Gasteiger partial charge is 0.232 e. The van der Waals surface area contributed by atoms with Crippen molar-refractivity contribution >= 4 is 23.2 Å². The van der Waals surface area contributed by atoms with E-state index in [2.05, 4.69) is 10.1 Å². The first-order chi connectivity index (χ1) is 14.5. The molecule has 1 aromatic heterocycles. The normalized spacial score (nSPS) is 16.1. The van der Waals surface area contributed by atoms with Gasteiger partial charge in [0.15, 0.2) is 11.5 Å². The Kier molecular flexibility index (Phi) is 5.50. The second kappa shape index (κ2) is 8.23. The number of benzene rings is 2. The van der Waals surface area contributed by atoms with Crippen LogP contribution in [0.5, 0.6) is 17.2 Å². The number of aromatic nitrogens is 2. The predicted molar refractivity (Wildman–Crippen MR) is 111 cm³/mol. The zero-order chi connectivity index (χ0) is 21.3. The second-order valence-corrected chi connectivity index (χ2v) is 7.13. The largest absolute Gasteiger partial charge is 0.493 e. The summed E-state index contributed by atoms with van der Waals surface area (Å²) < 4.78 is 21.6. The molecule has 0 bridgehead atoms. The fraction of sp³-hybridized carbons (Fsp3) is 0.286. The van der Waals surface area contributed by atoms with Crippen molar-refractivity contribution in [2.45, 2.75) is 12.3 Å². The van der Waals surface area contributed by atoms with E-state index < -0.39 is 0 Å². The Bertz CT molecular complexity index is 1060. The van der Waals surface area contributed by atoms with Crippen LogP contribution >= 0.6 is 11.6 Å². The number of carbonyl (C=O) groups excluding carboxylic acids is 1. The minimum absolute atomic E-state index is 0.0632. The van der Waals surface area contributed by atoms with Crippen LogP contribution in [0.15, 0.2) is 40.9 Å². The molecule has 1 fully saturated rings. The lowest BCUT2D eigenvalue weighted by Gasteiger charge is -2.20. The van der Waals surface area contributed by atoms with Crippen LogP contribution in [0.1, 0.15) is 18.2 Å². The first-order valence-corrected chi connectivity index (χ1v) is 9.62. The summed E-state index contributed by atoms with van der Waals surface area (Å²) in [4.78, 5) is 18.9. The highest BCUT2D eigenvalue weighted by Gasteiger charge is 2.36. The zero-order valence-corrected chi connectivity index (χ0v) is 17.5. The minimum atomic E-state index is -0.236. The monoisotopic (exact) mass is 429 g/mol. The molecule has 30 heavy (non-hydrogen) atoms. The molecule has 3 aromatic rings. The van der Waals surface area contributed by atoms with E-state index in [0.29, 0.717) is 51.8 Å². The summed E-state index contributed by atoms with van der Waals surface area (Å²) in [6.45, 7) is 0.391. The quantitative estimate of drug-likeness (QED) is 0.586. The van der Waals surface area contributed by atoms with Crippen LogP contribution in [0.4, 0.5) is 5.69 Å². The molecule has 1 unspecified atom stereocenters. The third-order valence-corrected chi connectivity index (χ3v) is 5.32. The van der Waals surface area contributed by atoms with E-state index in [4.69, 9.17) is 30.3 Å². The van der Waals surface area contributed by atoms with Gasteiger partial charge in [-0.2, -0.15) is 4.98 Å². The molecule has 0 aliphatic carbocycles. The minimum Gasteiger partial charge on any atom is -0.493 e. The lowest BCUT2D eigenvalue weighted by atomic mass is 10.1. The van der Waals surface area contributed by atoms with Gasteiger partial charge < -0.3 is 23.6 Å². The molecular weight excluding hydrogens is 410 g/mol. The van der Waals surface area contributed by atoms with E-state index in [0.717, 1.165) is 0 Å². The third-order valence-electron chi connectivity index (χ3n) is 4.99. The van der Waals surface area contributed by atoms with Gasteiger partial charge >= 0.3 is 0 Å². The summed E-state index contributed by atoms with van der Waals surface area (Å²) in [5.74, 6) is 1.91. The molecule has 2 heterocycles. The summed E-state index contributed by atoms with van der Waals surface area (Å²) in [6.07, 6.45) is 0.251. The number of amides is 1. The molecule has 1 amide bonds. The maximum atomic E-state index is 12.7. The van der Waals surface area contributed by atoms with Gasteiger partial charge in [-0.3, -0.25) is 4.79 Å². The molecule has 1 saturated heterocycles. The predicted octanol–water partition coefficient (Wildman–Crippen LogP) is 3.94. The molecule has 8 nitrogen and oxygen atoms in total. The zero-order valence-electron chi connectivity index (χ0n) is 16.7. The van der Waals surface area contributed by atoms with E-state index in [1.807, 2.05) is 18.2 Å². The first kappa shape index (κ1) is 20.0. The number of methoxy groups -OCH3 is 3. The molecule has 156 valence electrons. The number of nitrogens with zero attached hydrogens (tertiary/aromatic N) is 3. The molecule has 1 aliphatic rings. The molecular formula is C21H20ClN3O5. The van der Waals surface area contributed by atoms with Crippen molar-refractivity contribution in [3.63, 3.8) is 0 Å². The standard InChI is InChI=1S/C21H20ClN3O5/c1-27-16-9-13(10-17(28-2)19(16)29-3)25-11-12(8-18(25)26)21-23-20(24-30-21)14-6-4-5-7-15(14)22/h4-7,9-10,12H,8,11H2,1-3H3. The van der Waals surface area contributed by atoms with E-state index in [9.17, 15) is 4.79 Å². The van der Waals surface area contributed by atoms with Gasteiger partial charge in [0.05, 0.1) is 38.0 Å². The van der Waals surface area contributed by atoms with E-state index in [-0.39, 0.29) is 18.2 Å². The topological polar surface area (TPSA) is 86.9 Å². The van der Waals surface area contributed by atoms with Gasteiger partial charge in [0.25, 0.3) is 0 Å². The van der Waals surface area contributed by atoms with Crippen LogP contribution in [-0.2, 0) is 4.79 Å². The van der Waals surface area contributed by atoms with Gasteiger partial charge in [0.2, 0.25) is 23.4 Å². The van der Waals surface area contributed by atoms with Crippen LogP contribution in [0, 0.1) is 0 Å². The van der Waals surface area contributed by atoms with Gasteiger partial charge in [-0.25, -0.2) is 0 Å². The number of ether oxygens (including phenoxy) is 3. The maximum absolute atomic E-state index is 12.7. The van der Waals surface area contributed by atoms with Crippen LogP contribution in [0.2, 0.25) is 5.02 Å². The van der Waals surface area contributed by atoms with Gasteiger partial charge in [0.1, 0.15) is 0 Å². The third kappa shape index (κ3) is 3.54. The van der Waals surface area contributed by atoms with Crippen LogP contribution in [0.3, 0.4) is 0 Å². The summed E-state index contributed by atoms with van der Waals surface area (Å²) >= 11 is 6.22. The van der Waals surface area contributed by atoms with Crippen LogP contribution in [0.25, 0.3) is 11.4 Å². The Morgan fingerprint density at radius 3 is 2.43 bits per heavy atom. The van der Waals surface area contributed by atoms with Crippen molar-refractivity contribution < 1.29 is 23.5 Å². The molecule has 2 aromatic carbocycles. The maximum Gasteiger partial charge on any atom is 0.232 e. The number of rotatable bonds is 6. The highest BCUT2D eigenvalue weighted by Crippen LogP contribution is 2.43. The van der Waals surface area contributed by atoms with Crippen molar-refractivity contribution in [2.24, 2.45) is 0 Å². The molecule has 1 atom stereocenters. The highest BCUT2D eigenvalue weighted by molar-refractivity contribution is 6.33. The van der Waals surface area contributed by atoms with Gasteiger partial charge in [-0.05, 0) is 12.1 Å². The lowest BCUT2D eigenvalue weighted by molar-refractivity contribution is -0.117. The molecule has 0 saturated carbocycles. The van der Waals surface area contributed by atoms with Gasteiger partial charge in [-0.15, -0.1) is 0 Å². The number of anilines is 1. The Balaban J connectivity index is 1.61. The Morgan fingerprint density at radius 2 is 1.80 bits per heavy atom. The molecule has 0 spiro atoms. The lowest BCUT2D eigenvalue weighted by Crippen LogP contribution is -2.24. The number of halogens is 1. The highest BCUT2D eigenvalue weighted by atomic mass is 35.5. The fourth-order valence-corrected chi connectivity index (χ4v) is 3.72.